The average Bonchev–Trinajstić information content (AvgIpc) is 2.77. The third-order valence-corrected chi connectivity index (χ3v) is 5.09. The highest BCUT2D eigenvalue weighted by atomic mass is 79.9. The molecule has 0 spiro atoms. The molecule has 3 heteroatoms. The van der Waals surface area contributed by atoms with Crippen molar-refractivity contribution in [2.75, 3.05) is 0 Å². The summed E-state index contributed by atoms with van der Waals surface area (Å²) in [6, 6.07) is 8.14. The number of carbonyl (C=O) groups excluding carboxylic acids is 1. The van der Waals surface area contributed by atoms with Gasteiger partial charge in [-0.1, -0.05) is 40.2 Å². The minimum absolute atomic E-state index is 0.00711. The van der Waals surface area contributed by atoms with Gasteiger partial charge in [-0.3, -0.25) is 4.79 Å². The Kier molecular flexibility index (Phi) is 3.59. The Morgan fingerprint density at radius 3 is 2.89 bits per heavy atom. The summed E-state index contributed by atoms with van der Waals surface area (Å²) in [6.07, 6.45) is 5.41. The molecule has 1 aliphatic heterocycles. The summed E-state index contributed by atoms with van der Waals surface area (Å²) in [5, 5.41) is 0. The Morgan fingerprint density at radius 1 is 1.37 bits per heavy atom. The van der Waals surface area contributed by atoms with Gasteiger partial charge in [-0.25, -0.2) is 0 Å². The van der Waals surface area contributed by atoms with Gasteiger partial charge in [-0.2, -0.15) is 0 Å². The highest BCUT2D eigenvalue weighted by molar-refractivity contribution is 9.10. The van der Waals surface area contributed by atoms with E-state index in [2.05, 4.69) is 35.0 Å². The second-order valence-electron chi connectivity index (χ2n) is 5.37. The first-order valence-corrected chi connectivity index (χ1v) is 7.56. The van der Waals surface area contributed by atoms with Crippen molar-refractivity contribution in [1.29, 1.82) is 0 Å². The molecule has 1 fully saturated rings. The average molecular weight is 321 g/mol. The van der Waals surface area contributed by atoms with E-state index in [0.717, 1.165) is 34.7 Å². The fourth-order valence-electron chi connectivity index (χ4n) is 3.45. The van der Waals surface area contributed by atoms with Gasteiger partial charge in [-0.15, -0.1) is 0 Å². The zero-order valence-electron chi connectivity index (χ0n) is 10.9. The van der Waals surface area contributed by atoms with E-state index in [9.17, 15) is 4.79 Å². The topological polar surface area (TPSA) is 26.3 Å². The van der Waals surface area contributed by atoms with Crippen LogP contribution >= 0.6 is 15.9 Å². The summed E-state index contributed by atoms with van der Waals surface area (Å²) in [6.45, 7) is 2.13. The van der Waals surface area contributed by atoms with Gasteiger partial charge in [0, 0.05) is 10.4 Å². The van der Waals surface area contributed by atoms with Crippen molar-refractivity contribution >= 4 is 22.2 Å². The number of allylic oxidation sites excluding steroid dienone is 1. The molecule has 0 amide bonds. The van der Waals surface area contributed by atoms with E-state index in [1.54, 1.807) is 0 Å². The smallest absolute Gasteiger partial charge is 0.146 e. The van der Waals surface area contributed by atoms with Crippen LogP contribution in [-0.4, -0.2) is 12.4 Å². The van der Waals surface area contributed by atoms with Crippen LogP contribution in [0.2, 0.25) is 0 Å². The molecule has 100 valence electrons. The van der Waals surface area contributed by atoms with E-state index >= 15 is 0 Å². The zero-order valence-corrected chi connectivity index (χ0v) is 12.5. The minimum Gasteiger partial charge on any atom is -0.370 e. The van der Waals surface area contributed by atoms with Crippen molar-refractivity contribution < 1.29 is 9.53 Å². The van der Waals surface area contributed by atoms with Gasteiger partial charge in [-0.05, 0) is 42.9 Å². The van der Waals surface area contributed by atoms with Crippen LogP contribution in [0.15, 0.2) is 40.4 Å². The third-order valence-electron chi connectivity index (χ3n) is 4.36. The summed E-state index contributed by atoms with van der Waals surface area (Å²) in [5.74, 6) is 0.669. The first-order valence-electron chi connectivity index (χ1n) is 6.77. The van der Waals surface area contributed by atoms with Crippen LogP contribution in [0.1, 0.15) is 31.4 Å². The molecule has 0 aromatic heterocycles. The van der Waals surface area contributed by atoms with Gasteiger partial charge in [0.1, 0.15) is 6.29 Å². The molecular weight excluding hydrogens is 304 g/mol. The fraction of sp³-hybridized carbons (Fsp3) is 0.438. The molecule has 19 heavy (non-hydrogen) atoms. The number of fused-ring (bicyclic) bond motifs is 1. The summed E-state index contributed by atoms with van der Waals surface area (Å²) in [5.41, 5.74) is 2.07. The van der Waals surface area contributed by atoms with Gasteiger partial charge < -0.3 is 4.74 Å². The number of ether oxygens (including phenoxy) is 1. The Morgan fingerprint density at radius 2 is 2.16 bits per heavy atom. The maximum Gasteiger partial charge on any atom is 0.146 e. The predicted octanol–water partition coefficient (Wildman–Crippen LogP) is 4.06. The first-order chi connectivity index (χ1) is 9.22. The number of hydrogen-bond donors (Lipinski definition) is 0. The highest BCUT2D eigenvalue weighted by Crippen LogP contribution is 2.50. The van der Waals surface area contributed by atoms with Crippen LogP contribution in [-0.2, 0) is 9.53 Å². The van der Waals surface area contributed by atoms with Crippen molar-refractivity contribution in [3.63, 3.8) is 0 Å². The number of aldehydes is 1. The lowest BCUT2D eigenvalue weighted by Crippen LogP contribution is -2.24. The lowest BCUT2D eigenvalue weighted by atomic mass is 9.74. The van der Waals surface area contributed by atoms with Gasteiger partial charge in [0.15, 0.2) is 0 Å². The van der Waals surface area contributed by atoms with Gasteiger partial charge in [0.2, 0.25) is 0 Å². The van der Waals surface area contributed by atoms with Crippen LogP contribution in [0.4, 0.5) is 0 Å². The molecule has 0 radical (unpaired) electrons. The van der Waals surface area contributed by atoms with Crippen molar-refractivity contribution in [2.24, 2.45) is 11.8 Å². The van der Waals surface area contributed by atoms with Crippen molar-refractivity contribution in [3.8, 4) is 0 Å². The molecule has 3 rings (SSSR count). The Bertz CT molecular complexity index is 523. The van der Waals surface area contributed by atoms with E-state index in [1.807, 2.05) is 18.2 Å². The largest absolute Gasteiger partial charge is 0.370 e. The summed E-state index contributed by atoms with van der Waals surface area (Å²) in [7, 11) is 0. The molecule has 1 saturated heterocycles. The molecule has 0 saturated carbocycles. The van der Waals surface area contributed by atoms with Gasteiger partial charge >= 0.3 is 0 Å². The number of benzene rings is 1. The van der Waals surface area contributed by atoms with Crippen molar-refractivity contribution in [2.45, 2.75) is 32.0 Å². The molecule has 2 aliphatic rings. The monoisotopic (exact) mass is 320 g/mol. The third kappa shape index (κ3) is 2.19. The summed E-state index contributed by atoms with van der Waals surface area (Å²) >= 11 is 3.60. The lowest BCUT2D eigenvalue weighted by Gasteiger charge is -2.27. The fourth-order valence-corrected chi connectivity index (χ4v) is 3.96. The van der Waals surface area contributed by atoms with E-state index in [1.165, 1.54) is 0 Å². The van der Waals surface area contributed by atoms with Crippen LogP contribution in [0.25, 0.3) is 0 Å². The maximum atomic E-state index is 11.3. The van der Waals surface area contributed by atoms with Crippen LogP contribution in [0, 0.1) is 11.8 Å². The molecule has 0 bridgehead atoms. The van der Waals surface area contributed by atoms with E-state index in [0.29, 0.717) is 5.92 Å². The molecule has 1 aromatic carbocycles. The quantitative estimate of drug-likeness (QED) is 0.768. The number of rotatable bonds is 2. The Balaban J connectivity index is 2.02. The summed E-state index contributed by atoms with van der Waals surface area (Å²) < 4.78 is 7.24. The molecule has 1 heterocycles. The molecule has 1 aliphatic carbocycles. The standard InChI is InChI=1S/C16H17BrO2/c1-10-12-7-4-5-11(9-18)15(12)16(19-10)13-6-2-3-8-14(13)17/h2-3,5-6,8-10,12,15-16H,4,7H2,1H3/t10-,12+,15+,16+/m0/s1. The second-order valence-corrected chi connectivity index (χ2v) is 6.23. The van der Waals surface area contributed by atoms with E-state index in [4.69, 9.17) is 4.74 Å². The van der Waals surface area contributed by atoms with E-state index < -0.39 is 0 Å². The number of halogens is 1. The molecule has 1 aromatic rings. The predicted molar refractivity (Wildman–Crippen MR) is 77.8 cm³/mol. The SMILES string of the molecule is C[C@@H]1O[C@H](c2ccccc2Br)[C@@H]2C(C=O)=CCC[C@@H]21. The molecule has 0 unspecified atom stereocenters. The minimum atomic E-state index is -0.00711. The maximum absolute atomic E-state index is 11.3. The molecular formula is C16H17BrO2. The zero-order chi connectivity index (χ0) is 13.4. The normalized spacial score (nSPS) is 33.7. The molecule has 4 atom stereocenters. The van der Waals surface area contributed by atoms with E-state index in [-0.39, 0.29) is 18.1 Å². The molecule has 0 N–H and O–H groups in total. The number of carbonyl (C=O) groups is 1. The van der Waals surface area contributed by atoms with Crippen LogP contribution < -0.4 is 0 Å². The first kappa shape index (κ1) is 13.1. The Labute approximate surface area is 122 Å². The summed E-state index contributed by atoms with van der Waals surface area (Å²) in [4.78, 5) is 11.3. The van der Waals surface area contributed by atoms with Gasteiger partial charge in [0.25, 0.3) is 0 Å². The second kappa shape index (κ2) is 5.22. The number of hydrogen-bond acceptors (Lipinski definition) is 2. The molecule has 2 nitrogen and oxygen atoms in total. The van der Waals surface area contributed by atoms with Crippen LogP contribution in [0.5, 0.6) is 0 Å². The van der Waals surface area contributed by atoms with Crippen molar-refractivity contribution in [3.05, 3.63) is 46.0 Å². The van der Waals surface area contributed by atoms with Gasteiger partial charge in [0.05, 0.1) is 12.2 Å². The Hall–Kier alpha value is -0.930. The highest BCUT2D eigenvalue weighted by Gasteiger charge is 2.46. The van der Waals surface area contributed by atoms with Crippen molar-refractivity contribution in [1.82, 2.24) is 0 Å². The van der Waals surface area contributed by atoms with Crippen LogP contribution in [0.3, 0.4) is 0 Å². The lowest BCUT2D eigenvalue weighted by molar-refractivity contribution is -0.105.